The summed E-state index contributed by atoms with van der Waals surface area (Å²) in [7, 11) is -1.63. The fourth-order valence-corrected chi connectivity index (χ4v) is 5.10. The molecule has 1 fully saturated rings. The minimum atomic E-state index is -3.68. The molecule has 3 N–H and O–H groups in total. The molecule has 8 nitrogen and oxygen atoms in total. The molecular formula is C27H32N4O4S. The molecule has 1 aliphatic heterocycles. The molecule has 0 spiro atoms. The van der Waals surface area contributed by atoms with E-state index in [1.807, 2.05) is 50.4 Å². The van der Waals surface area contributed by atoms with E-state index in [9.17, 15) is 18.3 Å². The third-order valence-electron chi connectivity index (χ3n) is 6.32. The predicted molar refractivity (Wildman–Crippen MR) is 144 cm³/mol. The van der Waals surface area contributed by atoms with E-state index in [2.05, 4.69) is 19.8 Å². The van der Waals surface area contributed by atoms with Gasteiger partial charge in [-0.2, -0.15) is 0 Å². The average molecular weight is 509 g/mol. The van der Waals surface area contributed by atoms with E-state index in [1.54, 1.807) is 12.1 Å². The van der Waals surface area contributed by atoms with Crippen LogP contribution < -0.4 is 10.0 Å². The number of aromatic hydroxyl groups is 1. The molecule has 0 bridgehead atoms. The number of carbonyl (C=O) groups is 1. The number of benzene rings is 3. The van der Waals surface area contributed by atoms with Crippen LogP contribution in [0.3, 0.4) is 0 Å². The third kappa shape index (κ3) is 6.84. The second-order valence-corrected chi connectivity index (χ2v) is 11.0. The van der Waals surface area contributed by atoms with Crippen LogP contribution in [0.2, 0.25) is 0 Å². The van der Waals surface area contributed by atoms with Gasteiger partial charge in [0.1, 0.15) is 5.75 Å². The Morgan fingerprint density at radius 1 is 0.917 bits per heavy atom. The fraction of sp³-hybridized carbons (Fsp3) is 0.296. The summed E-state index contributed by atoms with van der Waals surface area (Å²) in [6.07, 6.45) is 0. The molecule has 36 heavy (non-hydrogen) atoms. The smallest absolute Gasteiger partial charge is 0.255 e. The highest BCUT2D eigenvalue weighted by atomic mass is 32.2. The Bertz CT molecular complexity index is 1300. The van der Waals surface area contributed by atoms with Crippen molar-refractivity contribution in [1.82, 2.24) is 9.80 Å². The van der Waals surface area contributed by atoms with Crippen molar-refractivity contribution in [2.75, 3.05) is 55.6 Å². The van der Waals surface area contributed by atoms with Gasteiger partial charge in [-0.1, -0.05) is 42.0 Å². The number of hydrogen-bond donors (Lipinski definition) is 3. The molecule has 0 aromatic heterocycles. The Morgan fingerprint density at radius 3 is 2.17 bits per heavy atom. The first-order chi connectivity index (χ1) is 17.2. The number of nitrogens with one attached hydrogen (secondary N) is 2. The van der Waals surface area contributed by atoms with Crippen LogP contribution in [0.15, 0.2) is 66.7 Å². The SMILES string of the molecule is Cc1ccc(-c2ccc(C(=O)Nc3ccc(O)c(NS(=O)(=O)CCN4CCN(C)CC4)c3)cc2)cc1. The highest BCUT2D eigenvalue weighted by molar-refractivity contribution is 7.92. The van der Waals surface area contributed by atoms with E-state index in [4.69, 9.17) is 0 Å². The molecule has 0 atom stereocenters. The summed E-state index contributed by atoms with van der Waals surface area (Å²) in [5.74, 6) is -0.626. The van der Waals surface area contributed by atoms with Crippen LogP contribution in [0.25, 0.3) is 11.1 Å². The first-order valence-electron chi connectivity index (χ1n) is 11.9. The maximum Gasteiger partial charge on any atom is 0.255 e. The Balaban J connectivity index is 1.38. The molecule has 0 saturated carbocycles. The molecule has 4 rings (SSSR count). The van der Waals surface area contributed by atoms with Gasteiger partial charge in [0.25, 0.3) is 5.91 Å². The lowest BCUT2D eigenvalue weighted by molar-refractivity contribution is 0.102. The lowest BCUT2D eigenvalue weighted by Crippen LogP contribution is -2.46. The maximum absolute atomic E-state index is 12.8. The van der Waals surface area contributed by atoms with Gasteiger partial charge in [0, 0.05) is 44.0 Å². The van der Waals surface area contributed by atoms with Crippen molar-refractivity contribution >= 4 is 27.3 Å². The minimum Gasteiger partial charge on any atom is -0.506 e. The number of piperazine rings is 1. The van der Waals surface area contributed by atoms with Crippen molar-refractivity contribution in [3.63, 3.8) is 0 Å². The van der Waals surface area contributed by atoms with Crippen LogP contribution >= 0.6 is 0 Å². The van der Waals surface area contributed by atoms with Gasteiger partial charge in [-0.3, -0.25) is 14.4 Å². The van der Waals surface area contributed by atoms with E-state index in [-0.39, 0.29) is 23.1 Å². The molecule has 1 saturated heterocycles. The Morgan fingerprint density at radius 2 is 1.53 bits per heavy atom. The lowest BCUT2D eigenvalue weighted by atomic mass is 10.0. The number of sulfonamides is 1. The van der Waals surface area contributed by atoms with Gasteiger partial charge in [0.05, 0.1) is 11.4 Å². The summed E-state index contributed by atoms with van der Waals surface area (Å²) in [6.45, 7) is 5.91. The van der Waals surface area contributed by atoms with Crippen LogP contribution in [0.1, 0.15) is 15.9 Å². The zero-order valence-corrected chi connectivity index (χ0v) is 21.4. The first kappa shape index (κ1) is 25.7. The molecule has 0 unspecified atom stereocenters. The number of phenolic OH excluding ortho intramolecular Hbond substituents is 1. The number of phenols is 1. The Kier molecular flexibility index (Phi) is 7.93. The molecule has 9 heteroatoms. The second kappa shape index (κ2) is 11.1. The zero-order valence-electron chi connectivity index (χ0n) is 20.6. The third-order valence-corrected chi connectivity index (χ3v) is 7.57. The number of rotatable bonds is 8. The normalized spacial score (nSPS) is 14.9. The number of anilines is 2. The lowest BCUT2D eigenvalue weighted by Gasteiger charge is -2.32. The van der Waals surface area contributed by atoms with Gasteiger partial charge in [-0.25, -0.2) is 8.42 Å². The summed E-state index contributed by atoms with van der Waals surface area (Å²) in [6, 6.07) is 19.7. The van der Waals surface area contributed by atoms with Crippen LogP contribution in [-0.4, -0.2) is 74.8 Å². The van der Waals surface area contributed by atoms with Gasteiger partial charge in [-0.15, -0.1) is 0 Å². The summed E-state index contributed by atoms with van der Waals surface area (Å²) in [5.41, 5.74) is 4.12. The van der Waals surface area contributed by atoms with Crippen molar-refractivity contribution in [1.29, 1.82) is 0 Å². The van der Waals surface area contributed by atoms with Crippen LogP contribution in [0, 0.1) is 6.92 Å². The quantitative estimate of drug-likeness (QED) is 0.317. The fourth-order valence-electron chi connectivity index (χ4n) is 4.00. The number of hydrogen-bond acceptors (Lipinski definition) is 6. The summed E-state index contributed by atoms with van der Waals surface area (Å²) in [5, 5.41) is 13.0. The van der Waals surface area contributed by atoms with Gasteiger partial charge in [0.2, 0.25) is 10.0 Å². The van der Waals surface area contributed by atoms with E-state index >= 15 is 0 Å². The Labute approximate surface area is 212 Å². The van der Waals surface area contributed by atoms with E-state index in [1.165, 1.54) is 23.8 Å². The molecule has 190 valence electrons. The molecule has 0 radical (unpaired) electrons. The minimum absolute atomic E-state index is 0.0286. The van der Waals surface area contributed by atoms with Gasteiger partial charge in [0.15, 0.2) is 0 Å². The summed E-state index contributed by atoms with van der Waals surface area (Å²) < 4.78 is 27.7. The number of nitrogens with zero attached hydrogens (tertiary/aromatic N) is 2. The maximum atomic E-state index is 12.8. The topological polar surface area (TPSA) is 102 Å². The molecule has 3 aromatic rings. The van der Waals surface area contributed by atoms with Crippen molar-refractivity contribution in [2.24, 2.45) is 0 Å². The van der Waals surface area contributed by atoms with E-state index in [0.717, 1.165) is 37.3 Å². The monoisotopic (exact) mass is 508 g/mol. The first-order valence-corrected chi connectivity index (χ1v) is 13.6. The molecule has 1 aliphatic rings. The number of likely N-dealkylation sites (N-methyl/N-ethyl adjacent to an activating group) is 1. The molecule has 1 amide bonds. The Hall–Kier alpha value is -3.40. The summed E-state index contributed by atoms with van der Waals surface area (Å²) >= 11 is 0. The standard InChI is InChI=1S/C27H32N4O4S/c1-20-3-5-21(6-4-20)22-7-9-23(10-8-22)27(33)28-24-11-12-26(32)25(19-24)29-36(34,35)18-17-31-15-13-30(2)14-16-31/h3-12,19,29,32H,13-18H2,1-2H3,(H,28,33). The zero-order chi connectivity index (χ0) is 25.7. The number of amides is 1. The van der Waals surface area contributed by atoms with Gasteiger partial charge < -0.3 is 15.3 Å². The van der Waals surface area contributed by atoms with Crippen molar-refractivity contribution in [3.8, 4) is 16.9 Å². The van der Waals surface area contributed by atoms with E-state index < -0.39 is 10.0 Å². The van der Waals surface area contributed by atoms with Crippen LogP contribution in [0.5, 0.6) is 5.75 Å². The highest BCUT2D eigenvalue weighted by Gasteiger charge is 2.19. The molecule has 0 aliphatic carbocycles. The van der Waals surface area contributed by atoms with Crippen molar-refractivity contribution < 1.29 is 18.3 Å². The number of aryl methyl sites for hydroxylation is 1. The van der Waals surface area contributed by atoms with Crippen molar-refractivity contribution in [2.45, 2.75) is 6.92 Å². The highest BCUT2D eigenvalue weighted by Crippen LogP contribution is 2.28. The second-order valence-electron chi connectivity index (χ2n) is 9.20. The summed E-state index contributed by atoms with van der Waals surface area (Å²) in [4.78, 5) is 17.1. The van der Waals surface area contributed by atoms with Crippen LogP contribution in [0.4, 0.5) is 11.4 Å². The predicted octanol–water partition coefficient (Wildman–Crippen LogP) is 3.61. The van der Waals surface area contributed by atoms with Crippen molar-refractivity contribution in [3.05, 3.63) is 77.9 Å². The van der Waals surface area contributed by atoms with Gasteiger partial charge >= 0.3 is 0 Å². The van der Waals surface area contributed by atoms with E-state index in [0.29, 0.717) is 17.8 Å². The molecule has 1 heterocycles. The number of carbonyl (C=O) groups excluding carboxylic acids is 1. The van der Waals surface area contributed by atoms with Gasteiger partial charge in [-0.05, 0) is 55.4 Å². The molecule has 3 aromatic carbocycles. The van der Waals surface area contributed by atoms with Crippen LogP contribution in [-0.2, 0) is 10.0 Å². The largest absolute Gasteiger partial charge is 0.506 e. The molecular weight excluding hydrogens is 476 g/mol. The average Bonchev–Trinajstić information content (AvgIpc) is 2.86.